The molecule has 1 N–H and O–H groups in total. The zero-order valence-electron chi connectivity index (χ0n) is 16.2. The molecule has 3 rings (SSSR count). The Morgan fingerprint density at radius 3 is 2.31 bits per heavy atom. The SMILES string of the molecule is Cc1csc(SCC(=O)N[C@H](C)[C@H](Cc2ccc(Cl)cc2)c2ccc(Cl)cc2)n1. The minimum Gasteiger partial charge on any atom is -0.352 e. The minimum absolute atomic E-state index is 0.00502. The Hall–Kier alpha value is -1.53. The first-order valence-corrected chi connectivity index (χ1v) is 11.9. The average Bonchev–Trinajstić information content (AvgIpc) is 3.12. The van der Waals surface area contributed by atoms with Crippen LogP contribution in [0.25, 0.3) is 0 Å². The van der Waals surface area contributed by atoms with Crippen LogP contribution in [0.15, 0.2) is 58.3 Å². The fraction of sp³-hybridized carbons (Fsp3) is 0.273. The van der Waals surface area contributed by atoms with Gasteiger partial charge >= 0.3 is 0 Å². The van der Waals surface area contributed by atoms with Crippen molar-refractivity contribution in [3.05, 3.63) is 80.8 Å². The minimum atomic E-state index is -0.0435. The number of hydrogen-bond donors (Lipinski definition) is 1. The van der Waals surface area contributed by atoms with Crippen LogP contribution in [0.5, 0.6) is 0 Å². The summed E-state index contributed by atoms with van der Waals surface area (Å²) in [6.45, 7) is 4.00. The first kappa shape index (κ1) is 22.2. The Balaban J connectivity index is 1.69. The molecule has 0 aliphatic rings. The summed E-state index contributed by atoms with van der Waals surface area (Å²) in [7, 11) is 0. The summed E-state index contributed by atoms with van der Waals surface area (Å²) in [5.41, 5.74) is 3.29. The molecule has 152 valence electrons. The van der Waals surface area contributed by atoms with Crippen molar-refractivity contribution >= 4 is 52.2 Å². The molecule has 0 aliphatic carbocycles. The second-order valence-electron chi connectivity index (χ2n) is 6.89. The summed E-state index contributed by atoms with van der Waals surface area (Å²) in [5.74, 6) is 0.473. The lowest BCUT2D eigenvalue weighted by Gasteiger charge is -2.26. The highest BCUT2D eigenvalue weighted by Gasteiger charge is 2.22. The third kappa shape index (κ3) is 6.75. The standard InChI is InChI=1S/C22H22Cl2N2OS2/c1-14-12-28-22(25-14)29-13-21(27)26-15(2)20(17-5-9-19(24)10-6-17)11-16-3-7-18(23)8-4-16/h3-10,12,15,20H,11,13H2,1-2H3,(H,26,27)/t15-,20+/m1/s1. The van der Waals surface area contributed by atoms with Crippen LogP contribution in [0.4, 0.5) is 0 Å². The van der Waals surface area contributed by atoms with Crippen molar-refractivity contribution < 1.29 is 4.79 Å². The third-order valence-electron chi connectivity index (χ3n) is 4.58. The summed E-state index contributed by atoms with van der Waals surface area (Å²) in [4.78, 5) is 16.9. The maximum absolute atomic E-state index is 12.5. The van der Waals surface area contributed by atoms with Crippen molar-refractivity contribution in [1.29, 1.82) is 0 Å². The summed E-state index contributed by atoms with van der Waals surface area (Å²) in [5, 5.41) is 6.57. The number of amides is 1. The molecule has 1 amide bonds. The van der Waals surface area contributed by atoms with Crippen LogP contribution >= 0.6 is 46.3 Å². The number of halogens is 2. The van der Waals surface area contributed by atoms with Crippen LogP contribution in [-0.4, -0.2) is 22.7 Å². The van der Waals surface area contributed by atoms with Gasteiger partial charge in [-0.3, -0.25) is 4.79 Å². The van der Waals surface area contributed by atoms with E-state index in [-0.39, 0.29) is 17.9 Å². The Morgan fingerprint density at radius 1 is 1.10 bits per heavy atom. The number of thiazole rings is 1. The lowest BCUT2D eigenvalue weighted by molar-refractivity contribution is -0.119. The van der Waals surface area contributed by atoms with Gasteiger partial charge in [0.25, 0.3) is 0 Å². The smallest absolute Gasteiger partial charge is 0.230 e. The Labute approximate surface area is 189 Å². The molecule has 0 unspecified atom stereocenters. The van der Waals surface area contributed by atoms with Gasteiger partial charge < -0.3 is 5.32 Å². The van der Waals surface area contributed by atoms with E-state index in [1.54, 1.807) is 11.3 Å². The summed E-state index contributed by atoms with van der Waals surface area (Å²) in [6, 6.07) is 15.6. The van der Waals surface area contributed by atoms with E-state index in [2.05, 4.69) is 10.3 Å². The maximum Gasteiger partial charge on any atom is 0.230 e. The van der Waals surface area contributed by atoms with Crippen LogP contribution in [0, 0.1) is 6.92 Å². The predicted molar refractivity (Wildman–Crippen MR) is 125 cm³/mol. The van der Waals surface area contributed by atoms with Gasteiger partial charge in [-0.2, -0.15) is 0 Å². The molecule has 0 saturated heterocycles. The van der Waals surface area contributed by atoms with E-state index in [9.17, 15) is 4.79 Å². The summed E-state index contributed by atoms with van der Waals surface area (Å²) >= 11 is 15.1. The quantitative estimate of drug-likeness (QED) is 0.393. The Kier molecular flexibility index (Phi) is 8.01. The first-order valence-electron chi connectivity index (χ1n) is 9.25. The number of nitrogens with zero attached hydrogens (tertiary/aromatic N) is 1. The van der Waals surface area contributed by atoms with Crippen LogP contribution < -0.4 is 5.32 Å². The highest BCUT2D eigenvalue weighted by molar-refractivity contribution is 8.01. The molecular formula is C22H22Cl2N2OS2. The lowest BCUT2D eigenvalue weighted by Crippen LogP contribution is -2.38. The second kappa shape index (κ2) is 10.5. The molecule has 1 heterocycles. The molecule has 1 aromatic heterocycles. The second-order valence-corrected chi connectivity index (χ2v) is 9.84. The van der Waals surface area contributed by atoms with Crippen LogP contribution in [-0.2, 0) is 11.2 Å². The van der Waals surface area contributed by atoms with Gasteiger partial charge in [0, 0.05) is 33.1 Å². The number of aryl methyl sites for hydroxylation is 1. The molecule has 2 aromatic carbocycles. The lowest BCUT2D eigenvalue weighted by atomic mass is 9.86. The molecule has 0 bridgehead atoms. The number of hydrogen-bond acceptors (Lipinski definition) is 4. The van der Waals surface area contributed by atoms with E-state index < -0.39 is 0 Å². The Bertz CT molecular complexity index is 942. The fourth-order valence-corrected chi connectivity index (χ4v) is 5.00. The van der Waals surface area contributed by atoms with E-state index >= 15 is 0 Å². The number of benzene rings is 2. The molecule has 0 spiro atoms. The largest absolute Gasteiger partial charge is 0.352 e. The van der Waals surface area contributed by atoms with E-state index in [0.717, 1.165) is 22.0 Å². The molecule has 3 aromatic rings. The fourth-order valence-electron chi connectivity index (χ4n) is 3.09. The predicted octanol–water partition coefficient (Wildman–Crippen LogP) is 6.38. The molecule has 0 fully saturated rings. The number of carbonyl (C=O) groups is 1. The van der Waals surface area contributed by atoms with Gasteiger partial charge in [0.2, 0.25) is 5.91 Å². The van der Waals surface area contributed by atoms with Crippen molar-refractivity contribution in [1.82, 2.24) is 10.3 Å². The van der Waals surface area contributed by atoms with Crippen LogP contribution in [0.2, 0.25) is 10.0 Å². The zero-order valence-corrected chi connectivity index (χ0v) is 19.3. The van der Waals surface area contributed by atoms with Gasteiger partial charge in [0.15, 0.2) is 4.34 Å². The molecule has 7 heteroatoms. The van der Waals surface area contributed by atoms with E-state index in [1.807, 2.05) is 67.8 Å². The summed E-state index contributed by atoms with van der Waals surface area (Å²) < 4.78 is 0.917. The average molecular weight is 465 g/mol. The van der Waals surface area contributed by atoms with Gasteiger partial charge in [0.05, 0.1) is 5.75 Å². The highest BCUT2D eigenvalue weighted by Crippen LogP contribution is 2.27. The number of carbonyl (C=O) groups excluding carboxylic acids is 1. The number of rotatable bonds is 8. The van der Waals surface area contributed by atoms with Gasteiger partial charge in [-0.05, 0) is 55.7 Å². The molecule has 0 radical (unpaired) electrons. The topological polar surface area (TPSA) is 42.0 Å². The molecular weight excluding hydrogens is 443 g/mol. The van der Waals surface area contributed by atoms with Crippen LogP contribution in [0.1, 0.15) is 29.7 Å². The molecule has 0 aliphatic heterocycles. The highest BCUT2D eigenvalue weighted by atomic mass is 35.5. The van der Waals surface area contributed by atoms with Gasteiger partial charge in [-0.25, -0.2) is 4.98 Å². The van der Waals surface area contributed by atoms with Gasteiger partial charge in [-0.1, -0.05) is 59.2 Å². The normalized spacial score (nSPS) is 13.1. The molecule has 2 atom stereocenters. The van der Waals surface area contributed by atoms with Gasteiger partial charge in [0.1, 0.15) is 0 Å². The molecule has 0 saturated carbocycles. The van der Waals surface area contributed by atoms with E-state index in [0.29, 0.717) is 15.8 Å². The van der Waals surface area contributed by atoms with E-state index in [1.165, 1.54) is 17.3 Å². The third-order valence-corrected chi connectivity index (χ3v) is 7.23. The van der Waals surface area contributed by atoms with Crippen LogP contribution in [0.3, 0.4) is 0 Å². The zero-order chi connectivity index (χ0) is 20.8. The Morgan fingerprint density at radius 2 is 1.72 bits per heavy atom. The van der Waals surface area contributed by atoms with Crippen molar-refractivity contribution in [3.8, 4) is 0 Å². The molecule has 29 heavy (non-hydrogen) atoms. The van der Waals surface area contributed by atoms with Crippen molar-refractivity contribution in [2.45, 2.75) is 36.6 Å². The maximum atomic E-state index is 12.5. The number of aromatic nitrogens is 1. The first-order chi connectivity index (χ1) is 13.9. The number of nitrogens with one attached hydrogen (secondary N) is 1. The van der Waals surface area contributed by atoms with Crippen molar-refractivity contribution in [3.63, 3.8) is 0 Å². The monoisotopic (exact) mass is 464 g/mol. The van der Waals surface area contributed by atoms with Crippen molar-refractivity contribution in [2.24, 2.45) is 0 Å². The van der Waals surface area contributed by atoms with E-state index in [4.69, 9.17) is 23.2 Å². The summed E-state index contributed by atoms with van der Waals surface area (Å²) in [6.07, 6.45) is 0.791. The number of thioether (sulfide) groups is 1. The molecule has 3 nitrogen and oxygen atoms in total. The van der Waals surface area contributed by atoms with Gasteiger partial charge in [-0.15, -0.1) is 11.3 Å². The van der Waals surface area contributed by atoms with Crippen molar-refractivity contribution in [2.75, 3.05) is 5.75 Å².